The molecule has 0 amide bonds. The Labute approximate surface area is 114 Å². The van der Waals surface area contributed by atoms with Gasteiger partial charge in [-0.2, -0.15) is 0 Å². The van der Waals surface area contributed by atoms with Crippen molar-refractivity contribution in [2.75, 3.05) is 24.3 Å². The number of rotatable bonds is 7. The van der Waals surface area contributed by atoms with Gasteiger partial charge >= 0.3 is 0 Å². The molecule has 1 N–H and O–H groups in total. The number of sulfone groups is 1. The van der Waals surface area contributed by atoms with Crippen molar-refractivity contribution in [2.45, 2.75) is 24.8 Å². The Morgan fingerprint density at radius 2 is 2.00 bits per heavy atom. The van der Waals surface area contributed by atoms with Crippen molar-refractivity contribution >= 4 is 21.6 Å². The van der Waals surface area contributed by atoms with E-state index >= 15 is 0 Å². The lowest BCUT2D eigenvalue weighted by atomic mass is 10.1. The second kappa shape index (κ2) is 7.16. The van der Waals surface area contributed by atoms with Crippen molar-refractivity contribution < 1.29 is 8.42 Å². The quantitative estimate of drug-likeness (QED) is 0.783. The van der Waals surface area contributed by atoms with Crippen molar-refractivity contribution in [1.82, 2.24) is 5.32 Å². The first-order valence-corrected chi connectivity index (χ1v) is 9.11. The highest BCUT2D eigenvalue weighted by Crippen LogP contribution is 2.27. The maximum atomic E-state index is 11.1. The summed E-state index contributed by atoms with van der Waals surface area (Å²) in [5.41, 5.74) is 1.23. The molecule has 0 saturated heterocycles. The smallest absolute Gasteiger partial charge is 0.148 e. The molecule has 0 radical (unpaired) electrons. The van der Waals surface area contributed by atoms with Crippen molar-refractivity contribution in [3.63, 3.8) is 0 Å². The Kier molecular flexibility index (Phi) is 6.18. The van der Waals surface area contributed by atoms with Gasteiger partial charge in [0.15, 0.2) is 0 Å². The fourth-order valence-corrected chi connectivity index (χ4v) is 4.04. The Hall–Kier alpha value is -0.520. The van der Waals surface area contributed by atoms with Gasteiger partial charge in [-0.3, -0.25) is 0 Å². The zero-order valence-electron chi connectivity index (χ0n) is 11.1. The van der Waals surface area contributed by atoms with Crippen molar-refractivity contribution in [3.8, 4) is 0 Å². The molecule has 0 aliphatic heterocycles. The second-order valence-electron chi connectivity index (χ2n) is 4.30. The van der Waals surface area contributed by atoms with E-state index in [1.54, 1.807) is 11.8 Å². The molecule has 0 spiro atoms. The number of hydrogen-bond acceptors (Lipinski definition) is 4. The molecule has 5 heteroatoms. The normalized spacial score (nSPS) is 13.5. The highest BCUT2D eigenvalue weighted by atomic mass is 32.2. The van der Waals surface area contributed by atoms with Gasteiger partial charge in [0, 0.05) is 22.9 Å². The minimum absolute atomic E-state index is 0.224. The van der Waals surface area contributed by atoms with Gasteiger partial charge in [-0.05, 0) is 25.1 Å². The van der Waals surface area contributed by atoms with Crippen LogP contribution in [0.2, 0.25) is 0 Å². The SMILES string of the molecule is CCNC(C)c1ccccc1SCCS(C)(=O)=O. The van der Waals surface area contributed by atoms with E-state index in [-0.39, 0.29) is 11.8 Å². The van der Waals surface area contributed by atoms with Gasteiger partial charge in [0.1, 0.15) is 9.84 Å². The number of hydrogen-bond donors (Lipinski definition) is 1. The third kappa shape index (κ3) is 5.42. The van der Waals surface area contributed by atoms with Crippen LogP contribution in [0, 0.1) is 0 Å². The summed E-state index contributed by atoms with van der Waals surface area (Å²) in [6, 6.07) is 8.44. The molecule has 0 heterocycles. The third-order valence-corrected chi connectivity index (χ3v) is 4.90. The van der Waals surface area contributed by atoms with Crippen LogP contribution >= 0.6 is 11.8 Å². The lowest BCUT2D eigenvalue weighted by molar-refractivity contribution is 0.590. The molecule has 3 nitrogen and oxygen atoms in total. The van der Waals surface area contributed by atoms with Crippen LogP contribution in [0.5, 0.6) is 0 Å². The average molecular weight is 287 g/mol. The Balaban J connectivity index is 2.70. The van der Waals surface area contributed by atoms with Crippen LogP contribution in [0.1, 0.15) is 25.5 Å². The first-order chi connectivity index (χ1) is 8.44. The summed E-state index contributed by atoms with van der Waals surface area (Å²) in [5.74, 6) is 0.830. The van der Waals surface area contributed by atoms with Crippen molar-refractivity contribution in [3.05, 3.63) is 29.8 Å². The maximum Gasteiger partial charge on any atom is 0.148 e. The zero-order chi connectivity index (χ0) is 13.6. The van der Waals surface area contributed by atoms with Gasteiger partial charge in [-0.15, -0.1) is 11.8 Å². The minimum Gasteiger partial charge on any atom is -0.310 e. The first-order valence-electron chi connectivity index (χ1n) is 6.07. The van der Waals surface area contributed by atoms with E-state index in [1.165, 1.54) is 11.8 Å². The van der Waals surface area contributed by atoms with Gasteiger partial charge in [0.25, 0.3) is 0 Å². The molecule has 0 saturated carbocycles. The Bertz CT molecular complexity index is 472. The highest BCUT2D eigenvalue weighted by Gasteiger charge is 2.10. The van der Waals surface area contributed by atoms with Crippen LogP contribution in [0.4, 0.5) is 0 Å². The van der Waals surface area contributed by atoms with Crippen molar-refractivity contribution in [2.24, 2.45) is 0 Å². The molecule has 1 atom stereocenters. The predicted octanol–water partition coefficient (Wildman–Crippen LogP) is 2.49. The molecule has 1 aromatic rings. The summed E-state index contributed by atoms with van der Waals surface area (Å²) in [4.78, 5) is 1.16. The van der Waals surface area contributed by atoms with Gasteiger partial charge in [0.05, 0.1) is 5.75 Å². The standard InChI is InChI=1S/C13H21NO2S2/c1-4-14-11(2)12-7-5-6-8-13(12)17-9-10-18(3,15)16/h5-8,11,14H,4,9-10H2,1-3H3. The summed E-state index contributed by atoms with van der Waals surface area (Å²) in [6.45, 7) is 5.12. The van der Waals surface area contributed by atoms with Gasteiger partial charge in [0.2, 0.25) is 0 Å². The van der Waals surface area contributed by atoms with E-state index in [0.29, 0.717) is 5.75 Å². The lowest BCUT2D eigenvalue weighted by Crippen LogP contribution is -2.18. The highest BCUT2D eigenvalue weighted by molar-refractivity contribution is 8.00. The number of benzene rings is 1. The van der Waals surface area contributed by atoms with E-state index in [9.17, 15) is 8.42 Å². The van der Waals surface area contributed by atoms with E-state index in [0.717, 1.165) is 11.4 Å². The molecule has 1 rings (SSSR count). The van der Waals surface area contributed by atoms with Gasteiger partial charge < -0.3 is 5.32 Å². The van der Waals surface area contributed by atoms with Gasteiger partial charge in [-0.25, -0.2) is 8.42 Å². The van der Waals surface area contributed by atoms with Gasteiger partial charge in [-0.1, -0.05) is 25.1 Å². The topological polar surface area (TPSA) is 46.2 Å². The largest absolute Gasteiger partial charge is 0.310 e. The predicted molar refractivity (Wildman–Crippen MR) is 79.0 cm³/mol. The van der Waals surface area contributed by atoms with Crippen LogP contribution in [0.15, 0.2) is 29.2 Å². The maximum absolute atomic E-state index is 11.1. The van der Waals surface area contributed by atoms with Crippen LogP contribution in [-0.2, 0) is 9.84 Å². The molecule has 0 aliphatic rings. The van der Waals surface area contributed by atoms with E-state index in [2.05, 4.69) is 31.3 Å². The summed E-state index contributed by atoms with van der Waals surface area (Å²) in [6.07, 6.45) is 1.28. The van der Waals surface area contributed by atoms with Crippen molar-refractivity contribution in [1.29, 1.82) is 0 Å². The van der Waals surface area contributed by atoms with E-state index in [1.807, 2.05) is 12.1 Å². The first kappa shape index (κ1) is 15.5. The van der Waals surface area contributed by atoms with Crippen LogP contribution in [0.25, 0.3) is 0 Å². The molecule has 1 unspecified atom stereocenters. The van der Waals surface area contributed by atoms with E-state index < -0.39 is 9.84 Å². The average Bonchev–Trinajstić information content (AvgIpc) is 2.28. The number of nitrogens with one attached hydrogen (secondary N) is 1. The van der Waals surface area contributed by atoms with Crippen LogP contribution < -0.4 is 5.32 Å². The molecule has 18 heavy (non-hydrogen) atoms. The molecular formula is C13H21NO2S2. The lowest BCUT2D eigenvalue weighted by Gasteiger charge is -2.16. The second-order valence-corrected chi connectivity index (χ2v) is 7.69. The number of thioether (sulfide) groups is 1. The molecule has 0 fully saturated rings. The molecule has 0 aliphatic carbocycles. The van der Waals surface area contributed by atoms with Crippen LogP contribution in [0.3, 0.4) is 0 Å². The molecule has 0 aromatic heterocycles. The monoisotopic (exact) mass is 287 g/mol. The zero-order valence-corrected chi connectivity index (χ0v) is 12.8. The Morgan fingerprint density at radius 1 is 1.33 bits per heavy atom. The summed E-state index contributed by atoms with van der Waals surface area (Å²) in [7, 11) is -2.87. The molecule has 102 valence electrons. The van der Waals surface area contributed by atoms with E-state index in [4.69, 9.17) is 0 Å². The molecular weight excluding hydrogens is 266 g/mol. The summed E-state index contributed by atoms with van der Waals surface area (Å²) >= 11 is 1.61. The minimum atomic E-state index is -2.87. The molecule has 1 aromatic carbocycles. The fraction of sp³-hybridized carbons (Fsp3) is 0.538. The Morgan fingerprint density at radius 3 is 2.61 bits per heavy atom. The molecule has 0 bridgehead atoms. The third-order valence-electron chi connectivity index (χ3n) is 2.61. The summed E-state index contributed by atoms with van der Waals surface area (Å²) < 4.78 is 22.2. The summed E-state index contributed by atoms with van der Waals surface area (Å²) in [5, 5.41) is 3.38. The van der Waals surface area contributed by atoms with Crippen LogP contribution in [-0.4, -0.2) is 32.7 Å². The fourth-order valence-electron chi connectivity index (χ4n) is 1.69.